The van der Waals surface area contributed by atoms with Gasteiger partial charge in [0.2, 0.25) is 11.9 Å². The topological polar surface area (TPSA) is 140 Å². The van der Waals surface area contributed by atoms with Crippen LogP contribution < -0.4 is 16.6 Å². The second kappa shape index (κ2) is 6.41. The Bertz CT molecular complexity index is 569. The number of nitrogens with zero attached hydrogens (tertiary/aromatic N) is 6. The Morgan fingerprint density at radius 2 is 2.05 bits per heavy atom. The zero-order valence-corrected chi connectivity index (χ0v) is 12.0. The van der Waals surface area contributed by atoms with E-state index in [1.165, 1.54) is 17.3 Å². The predicted molar refractivity (Wildman–Crippen MR) is 76.5 cm³/mol. The zero-order chi connectivity index (χ0) is 15.3. The van der Waals surface area contributed by atoms with Crippen molar-refractivity contribution in [1.82, 2.24) is 29.7 Å². The Morgan fingerprint density at radius 3 is 2.67 bits per heavy atom. The van der Waals surface area contributed by atoms with E-state index in [9.17, 15) is 0 Å². The predicted octanol–water partition coefficient (Wildman–Crippen LogP) is -0.442. The molecule has 0 amide bonds. The third-order valence-corrected chi connectivity index (χ3v) is 2.89. The van der Waals surface area contributed by atoms with Crippen molar-refractivity contribution in [2.45, 2.75) is 20.3 Å². The number of hydrogen-bond acceptors (Lipinski definition) is 9. The molecule has 0 saturated carbocycles. The zero-order valence-electron chi connectivity index (χ0n) is 12.0. The fourth-order valence-electron chi connectivity index (χ4n) is 1.63. The van der Waals surface area contributed by atoms with Gasteiger partial charge in [-0.25, -0.2) is 10.8 Å². The van der Waals surface area contributed by atoms with Gasteiger partial charge in [0, 0.05) is 13.2 Å². The number of nitrogens with two attached hydrogens (primary N) is 1. The molecule has 2 aromatic rings. The van der Waals surface area contributed by atoms with Crippen molar-refractivity contribution in [3.8, 4) is 5.95 Å². The van der Waals surface area contributed by atoms with Crippen LogP contribution in [0, 0.1) is 5.41 Å². The Hall–Kier alpha value is -2.33. The van der Waals surface area contributed by atoms with Gasteiger partial charge in [0.1, 0.15) is 12.7 Å². The number of aromatic nitrogens is 6. The summed E-state index contributed by atoms with van der Waals surface area (Å²) >= 11 is 0. The smallest absolute Gasteiger partial charge is 0.258 e. The Labute approximate surface area is 121 Å². The van der Waals surface area contributed by atoms with E-state index in [1.807, 2.05) is 13.8 Å². The molecule has 0 aromatic carbocycles. The molecule has 114 valence electrons. The van der Waals surface area contributed by atoms with E-state index in [0.717, 1.165) is 0 Å². The molecule has 0 aliphatic carbocycles. The van der Waals surface area contributed by atoms with Crippen LogP contribution in [0.5, 0.6) is 0 Å². The average Bonchev–Trinajstić information content (AvgIpc) is 2.99. The molecule has 0 fully saturated rings. The number of hydrazine groups is 1. The van der Waals surface area contributed by atoms with Gasteiger partial charge in [-0.15, -0.1) is 0 Å². The van der Waals surface area contributed by atoms with E-state index in [1.54, 1.807) is 0 Å². The number of nitrogen functional groups attached to an aromatic ring is 1. The lowest BCUT2D eigenvalue weighted by atomic mass is 9.90. The number of rotatable bonds is 7. The van der Waals surface area contributed by atoms with Crippen molar-refractivity contribution < 1.29 is 5.11 Å². The number of aliphatic hydroxyl groups excluding tert-OH is 1. The van der Waals surface area contributed by atoms with Crippen molar-refractivity contribution in [2.24, 2.45) is 11.3 Å². The summed E-state index contributed by atoms with van der Waals surface area (Å²) in [6, 6.07) is 0. The quantitative estimate of drug-likeness (QED) is 0.395. The minimum atomic E-state index is -0.0922. The monoisotopic (exact) mass is 293 g/mol. The highest BCUT2D eigenvalue weighted by atomic mass is 16.3. The fourth-order valence-corrected chi connectivity index (χ4v) is 1.63. The second-order valence-electron chi connectivity index (χ2n) is 5.26. The molecule has 2 aromatic heterocycles. The summed E-state index contributed by atoms with van der Waals surface area (Å²) in [6.45, 7) is 4.81. The van der Waals surface area contributed by atoms with Crippen molar-refractivity contribution >= 4 is 11.9 Å². The molecule has 2 heterocycles. The van der Waals surface area contributed by atoms with E-state index < -0.39 is 0 Å². The number of anilines is 2. The maximum atomic E-state index is 9.04. The van der Waals surface area contributed by atoms with Crippen LogP contribution in [-0.2, 0) is 0 Å². The average molecular weight is 293 g/mol. The molecule has 5 N–H and O–H groups in total. The molecule has 0 spiro atoms. The van der Waals surface area contributed by atoms with Crippen LogP contribution in [0.3, 0.4) is 0 Å². The van der Waals surface area contributed by atoms with E-state index in [2.05, 4.69) is 35.8 Å². The third-order valence-electron chi connectivity index (χ3n) is 2.89. The van der Waals surface area contributed by atoms with Crippen LogP contribution in [0.15, 0.2) is 12.7 Å². The summed E-state index contributed by atoms with van der Waals surface area (Å²) in [4.78, 5) is 16.3. The first-order chi connectivity index (χ1) is 10.0. The SMILES string of the molecule is CC(C)(CCO)CNc1nc(NN)nc(-n2cncn2)n1. The summed E-state index contributed by atoms with van der Waals surface area (Å²) < 4.78 is 1.41. The molecular weight excluding hydrogens is 274 g/mol. The molecular formula is C11H19N9O. The Morgan fingerprint density at radius 1 is 1.29 bits per heavy atom. The second-order valence-corrected chi connectivity index (χ2v) is 5.26. The summed E-state index contributed by atoms with van der Waals surface area (Å²) in [5, 5.41) is 16.1. The maximum Gasteiger partial charge on any atom is 0.258 e. The van der Waals surface area contributed by atoms with Gasteiger partial charge >= 0.3 is 0 Å². The van der Waals surface area contributed by atoms with Crippen molar-refractivity contribution in [2.75, 3.05) is 23.9 Å². The van der Waals surface area contributed by atoms with E-state index in [4.69, 9.17) is 10.9 Å². The lowest BCUT2D eigenvalue weighted by Gasteiger charge is -2.23. The number of aliphatic hydroxyl groups is 1. The lowest BCUT2D eigenvalue weighted by Crippen LogP contribution is -2.26. The van der Waals surface area contributed by atoms with Gasteiger partial charge in [-0.05, 0) is 11.8 Å². The molecule has 0 unspecified atom stereocenters. The minimum Gasteiger partial charge on any atom is -0.396 e. The fraction of sp³-hybridized carbons (Fsp3) is 0.545. The first kappa shape index (κ1) is 15.1. The molecule has 10 nitrogen and oxygen atoms in total. The van der Waals surface area contributed by atoms with Crippen LogP contribution in [0.2, 0.25) is 0 Å². The highest BCUT2D eigenvalue weighted by Crippen LogP contribution is 2.20. The molecule has 0 radical (unpaired) electrons. The molecule has 0 saturated heterocycles. The normalized spacial score (nSPS) is 11.4. The van der Waals surface area contributed by atoms with Gasteiger partial charge < -0.3 is 10.4 Å². The molecule has 0 atom stereocenters. The summed E-state index contributed by atoms with van der Waals surface area (Å²) in [7, 11) is 0. The minimum absolute atomic E-state index is 0.0922. The number of hydrogen-bond donors (Lipinski definition) is 4. The van der Waals surface area contributed by atoms with Crippen LogP contribution in [0.1, 0.15) is 20.3 Å². The first-order valence-electron chi connectivity index (χ1n) is 6.46. The van der Waals surface area contributed by atoms with Gasteiger partial charge in [0.25, 0.3) is 5.95 Å². The maximum absolute atomic E-state index is 9.04. The van der Waals surface area contributed by atoms with Gasteiger partial charge in [0.05, 0.1) is 0 Å². The van der Waals surface area contributed by atoms with Gasteiger partial charge in [0.15, 0.2) is 0 Å². The molecule has 2 rings (SSSR count). The Balaban J connectivity index is 2.18. The van der Waals surface area contributed by atoms with Crippen molar-refractivity contribution in [3.63, 3.8) is 0 Å². The molecule has 0 aliphatic rings. The first-order valence-corrected chi connectivity index (χ1v) is 6.46. The van der Waals surface area contributed by atoms with Crippen LogP contribution in [-0.4, -0.2) is 48.0 Å². The largest absolute Gasteiger partial charge is 0.396 e. The highest BCUT2D eigenvalue weighted by molar-refractivity contribution is 5.36. The van der Waals surface area contributed by atoms with Gasteiger partial charge in [-0.2, -0.15) is 24.7 Å². The number of nitrogens with one attached hydrogen (secondary N) is 2. The summed E-state index contributed by atoms with van der Waals surface area (Å²) in [6.07, 6.45) is 3.54. The van der Waals surface area contributed by atoms with Gasteiger partial charge in [-0.1, -0.05) is 13.8 Å². The van der Waals surface area contributed by atoms with E-state index in [0.29, 0.717) is 24.9 Å². The third kappa shape index (κ3) is 4.07. The summed E-state index contributed by atoms with van der Waals surface area (Å²) in [5.74, 6) is 6.26. The highest BCUT2D eigenvalue weighted by Gasteiger charge is 2.18. The van der Waals surface area contributed by atoms with Crippen molar-refractivity contribution in [3.05, 3.63) is 12.7 Å². The Kier molecular flexibility index (Phi) is 4.60. The molecule has 0 aliphatic heterocycles. The van der Waals surface area contributed by atoms with E-state index in [-0.39, 0.29) is 18.0 Å². The standard InChI is InChI=1S/C11H19N9O/c1-11(2,3-4-21)5-14-8-16-9(19-12)18-10(17-8)20-7-13-6-15-20/h6-7,21H,3-5,12H2,1-2H3,(H2,14,16,17,18,19). The lowest BCUT2D eigenvalue weighted by molar-refractivity contribution is 0.220. The van der Waals surface area contributed by atoms with Crippen LogP contribution in [0.4, 0.5) is 11.9 Å². The van der Waals surface area contributed by atoms with Crippen LogP contribution in [0.25, 0.3) is 5.95 Å². The van der Waals surface area contributed by atoms with Crippen LogP contribution >= 0.6 is 0 Å². The molecule has 21 heavy (non-hydrogen) atoms. The summed E-state index contributed by atoms with van der Waals surface area (Å²) in [5.41, 5.74) is 2.30. The van der Waals surface area contributed by atoms with E-state index >= 15 is 0 Å². The molecule has 10 heteroatoms. The molecule has 0 bridgehead atoms. The van der Waals surface area contributed by atoms with Crippen molar-refractivity contribution in [1.29, 1.82) is 0 Å². The van der Waals surface area contributed by atoms with Gasteiger partial charge in [-0.3, -0.25) is 5.43 Å².